The maximum absolute atomic E-state index is 12.4. The molecule has 1 aromatic heterocycles. The first-order valence-corrected chi connectivity index (χ1v) is 8.03. The lowest BCUT2D eigenvalue weighted by molar-refractivity contribution is -0.125. The quantitative estimate of drug-likeness (QED) is 0.899. The van der Waals surface area contributed by atoms with Gasteiger partial charge in [-0.3, -0.25) is 9.48 Å². The van der Waals surface area contributed by atoms with Crippen molar-refractivity contribution in [3.8, 4) is 0 Å². The van der Waals surface area contributed by atoms with Gasteiger partial charge in [0.2, 0.25) is 5.91 Å². The Kier molecular flexibility index (Phi) is 5.21. The minimum Gasteiger partial charge on any atom is -0.352 e. The van der Waals surface area contributed by atoms with E-state index in [4.69, 9.17) is 0 Å². The highest BCUT2D eigenvalue weighted by molar-refractivity contribution is 5.80. The van der Waals surface area contributed by atoms with Crippen LogP contribution in [0.4, 0.5) is 0 Å². The average Bonchev–Trinajstić information content (AvgIpc) is 2.90. The molecule has 2 rings (SSSR count). The van der Waals surface area contributed by atoms with E-state index in [0.29, 0.717) is 6.04 Å². The van der Waals surface area contributed by atoms with Gasteiger partial charge in [-0.2, -0.15) is 5.10 Å². The molecule has 4 nitrogen and oxygen atoms in total. The number of hydrogen-bond donors (Lipinski definition) is 1. The highest BCUT2D eigenvalue weighted by Gasteiger charge is 2.22. The highest BCUT2D eigenvalue weighted by Crippen LogP contribution is 2.19. The second kappa shape index (κ2) is 6.91. The van der Waals surface area contributed by atoms with Gasteiger partial charge in [0.05, 0.1) is 5.69 Å². The van der Waals surface area contributed by atoms with E-state index >= 15 is 0 Å². The Morgan fingerprint density at radius 3 is 2.65 bits per heavy atom. The van der Waals surface area contributed by atoms with Crippen LogP contribution in [0.15, 0.2) is 6.07 Å². The van der Waals surface area contributed by atoms with Crippen molar-refractivity contribution in [2.45, 2.75) is 77.8 Å². The van der Waals surface area contributed by atoms with E-state index in [-0.39, 0.29) is 11.9 Å². The van der Waals surface area contributed by atoms with E-state index in [1.54, 1.807) is 0 Å². The third kappa shape index (κ3) is 3.41. The number of rotatable bonds is 5. The predicted octanol–water partition coefficient (Wildman–Crippen LogP) is 3.02. The normalized spacial score (nSPS) is 17.9. The van der Waals surface area contributed by atoms with E-state index in [0.717, 1.165) is 37.1 Å². The number of hydrogen-bond acceptors (Lipinski definition) is 2. The summed E-state index contributed by atoms with van der Waals surface area (Å²) in [5.74, 6) is 0.109. The summed E-state index contributed by atoms with van der Waals surface area (Å²) in [6.07, 6.45) is 7.85. The predicted molar refractivity (Wildman–Crippen MR) is 80.7 cm³/mol. The van der Waals surface area contributed by atoms with E-state index in [9.17, 15) is 4.79 Å². The Labute approximate surface area is 121 Å². The van der Waals surface area contributed by atoms with Crippen LogP contribution in [0.3, 0.4) is 0 Å². The lowest BCUT2D eigenvalue weighted by atomic mass is 9.95. The summed E-state index contributed by atoms with van der Waals surface area (Å²) in [7, 11) is 0. The number of aryl methyl sites for hydroxylation is 2. The molecule has 4 heteroatoms. The second-order valence-electron chi connectivity index (χ2n) is 5.80. The van der Waals surface area contributed by atoms with Crippen LogP contribution in [-0.2, 0) is 17.6 Å². The molecule has 1 N–H and O–H groups in total. The Bertz CT molecular complexity index is 447. The van der Waals surface area contributed by atoms with Gasteiger partial charge in [0, 0.05) is 11.7 Å². The second-order valence-corrected chi connectivity index (χ2v) is 5.80. The number of carbonyl (C=O) groups is 1. The van der Waals surface area contributed by atoms with Crippen molar-refractivity contribution in [3.63, 3.8) is 0 Å². The molecular formula is C16H27N3O. The summed E-state index contributed by atoms with van der Waals surface area (Å²) in [5.41, 5.74) is 2.22. The molecule has 1 aliphatic rings. The van der Waals surface area contributed by atoms with Crippen molar-refractivity contribution in [1.29, 1.82) is 0 Å². The third-order valence-corrected chi connectivity index (χ3v) is 4.29. The molecule has 1 saturated carbocycles. The van der Waals surface area contributed by atoms with Crippen LogP contribution in [-0.4, -0.2) is 21.7 Å². The van der Waals surface area contributed by atoms with Crippen molar-refractivity contribution in [2.24, 2.45) is 0 Å². The molecule has 0 saturated heterocycles. The zero-order valence-electron chi connectivity index (χ0n) is 13.0. The standard InChI is InChI=1S/C16H27N3O/c1-4-13-11-15(5-2)19(18-13)12(3)16(20)17-14-9-7-6-8-10-14/h11-12,14H,4-10H2,1-3H3,(H,17,20). The Morgan fingerprint density at radius 1 is 1.35 bits per heavy atom. The first-order chi connectivity index (χ1) is 9.65. The zero-order valence-corrected chi connectivity index (χ0v) is 13.0. The van der Waals surface area contributed by atoms with E-state index in [2.05, 4.69) is 30.3 Å². The maximum atomic E-state index is 12.4. The van der Waals surface area contributed by atoms with Crippen LogP contribution < -0.4 is 5.32 Å². The monoisotopic (exact) mass is 277 g/mol. The summed E-state index contributed by atoms with van der Waals surface area (Å²) in [6, 6.07) is 2.27. The van der Waals surface area contributed by atoms with Gasteiger partial charge in [-0.25, -0.2) is 0 Å². The minimum atomic E-state index is -0.216. The first kappa shape index (κ1) is 15.1. The molecule has 0 aromatic carbocycles. The summed E-state index contributed by atoms with van der Waals surface area (Å²) in [5, 5.41) is 7.77. The highest BCUT2D eigenvalue weighted by atomic mass is 16.2. The Balaban J connectivity index is 2.03. The summed E-state index contributed by atoms with van der Waals surface area (Å²) >= 11 is 0. The van der Waals surface area contributed by atoms with Crippen molar-refractivity contribution in [1.82, 2.24) is 15.1 Å². The SMILES string of the molecule is CCc1cc(CC)n(C(C)C(=O)NC2CCCCC2)n1. The molecule has 112 valence electrons. The van der Waals surface area contributed by atoms with Crippen molar-refractivity contribution in [2.75, 3.05) is 0 Å². The van der Waals surface area contributed by atoms with Crippen molar-refractivity contribution in [3.05, 3.63) is 17.5 Å². The number of amides is 1. The lowest BCUT2D eigenvalue weighted by Gasteiger charge is -2.25. The molecule has 1 unspecified atom stereocenters. The van der Waals surface area contributed by atoms with Gasteiger partial charge in [-0.15, -0.1) is 0 Å². The molecule has 20 heavy (non-hydrogen) atoms. The minimum absolute atomic E-state index is 0.109. The largest absolute Gasteiger partial charge is 0.352 e. The van der Waals surface area contributed by atoms with Crippen LogP contribution in [0.5, 0.6) is 0 Å². The molecular weight excluding hydrogens is 250 g/mol. The van der Waals surface area contributed by atoms with Gasteiger partial charge in [0.1, 0.15) is 6.04 Å². The van der Waals surface area contributed by atoms with E-state index in [1.165, 1.54) is 19.3 Å². The summed E-state index contributed by atoms with van der Waals surface area (Å²) < 4.78 is 1.90. The van der Waals surface area contributed by atoms with Crippen LogP contribution in [0.1, 0.15) is 70.3 Å². The van der Waals surface area contributed by atoms with Gasteiger partial charge >= 0.3 is 0 Å². The van der Waals surface area contributed by atoms with Crippen LogP contribution in [0, 0.1) is 0 Å². The Morgan fingerprint density at radius 2 is 2.05 bits per heavy atom. The van der Waals surface area contributed by atoms with Crippen LogP contribution >= 0.6 is 0 Å². The van der Waals surface area contributed by atoms with Gasteiger partial charge in [-0.05, 0) is 38.7 Å². The molecule has 1 aliphatic carbocycles. The van der Waals surface area contributed by atoms with Gasteiger partial charge in [-0.1, -0.05) is 33.1 Å². The van der Waals surface area contributed by atoms with Gasteiger partial charge in [0.15, 0.2) is 0 Å². The maximum Gasteiger partial charge on any atom is 0.244 e. The lowest BCUT2D eigenvalue weighted by Crippen LogP contribution is -2.40. The fourth-order valence-electron chi connectivity index (χ4n) is 2.94. The molecule has 1 atom stereocenters. The molecule has 0 aliphatic heterocycles. The van der Waals surface area contributed by atoms with Crippen molar-refractivity contribution >= 4 is 5.91 Å². The van der Waals surface area contributed by atoms with Crippen LogP contribution in [0.25, 0.3) is 0 Å². The third-order valence-electron chi connectivity index (χ3n) is 4.29. The molecule has 1 aromatic rings. The van der Waals surface area contributed by atoms with Crippen LogP contribution in [0.2, 0.25) is 0 Å². The Hall–Kier alpha value is -1.32. The molecule has 0 bridgehead atoms. The number of nitrogens with zero attached hydrogens (tertiary/aromatic N) is 2. The molecule has 1 amide bonds. The van der Waals surface area contributed by atoms with Crippen molar-refractivity contribution < 1.29 is 4.79 Å². The summed E-state index contributed by atoms with van der Waals surface area (Å²) in [6.45, 7) is 6.15. The van der Waals surface area contributed by atoms with E-state index < -0.39 is 0 Å². The number of nitrogens with one attached hydrogen (secondary N) is 1. The molecule has 0 spiro atoms. The molecule has 1 heterocycles. The van der Waals surface area contributed by atoms with E-state index in [1.807, 2.05) is 11.6 Å². The van der Waals surface area contributed by atoms with Gasteiger partial charge < -0.3 is 5.32 Å². The zero-order chi connectivity index (χ0) is 14.5. The number of aromatic nitrogens is 2. The first-order valence-electron chi connectivity index (χ1n) is 8.03. The van der Waals surface area contributed by atoms with Gasteiger partial charge in [0.25, 0.3) is 0 Å². The summed E-state index contributed by atoms with van der Waals surface area (Å²) in [4.78, 5) is 12.4. The number of carbonyl (C=O) groups excluding carboxylic acids is 1. The average molecular weight is 277 g/mol. The topological polar surface area (TPSA) is 46.9 Å². The molecule has 0 radical (unpaired) electrons. The fraction of sp³-hybridized carbons (Fsp3) is 0.750. The smallest absolute Gasteiger partial charge is 0.244 e. The molecule has 1 fully saturated rings. The fourth-order valence-corrected chi connectivity index (χ4v) is 2.94.